The summed E-state index contributed by atoms with van der Waals surface area (Å²) in [5.74, 6) is 0.356. The lowest BCUT2D eigenvalue weighted by Gasteiger charge is -2.13. The van der Waals surface area contributed by atoms with Gasteiger partial charge in [-0.2, -0.15) is 18.3 Å². The molecule has 1 saturated carbocycles. The third kappa shape index (κ3) is 2.13. The smallest absolute Gasteiger partial charge is 0.384 e. The zero-order valence-electron chi connectivity index (χ0n) is 8.41. The van der Waals surface area contributed by atoms with Gasteiger partial charge in [0.1, 0.15) is 5.82 Å². The van der Waals surface area contributed by atoms with Gasteiger partial charge in [0.2, 0.25) is 0 Å². The number of halogens is 3. The molecule has 1 aromatic heterocycles. The number of alkyl halides is 3. The summed E-state index contributed by atoms with van der Waals surface area (Å²) in [7, 11) is 0. The van der Waals surface area contributed by atoms with Gasteiger partial charge in [-0.1, -0.05) is 0 Å². The minimum absolute atomic E-state index is 0.100. The van der Waals surface area contributed by atoms with Gasteiger partial charge in [0.15, 0.2) is 6.10 Å². The summed E-state index contributed by atoms with van der Waals surface area (Å²) >= 11 is 0. The molecular formula is C9H12F3N3O. The van der Waals surface area contributed by atoms with Gasteiger partial charge < -0.3 is 10.8 Å². The monoisotopic (exact) mass is 235 g/mol. The van der Waals surface area contributed by atoms with Gasteiger partial charge in [0, 0.05) is 6.54 Å². The lowest BCUT2D eigenvalue weighted by molar-refractivity contribution is -0.206. The van der Waals surface area contributed by atoms with Gasteiger partial charge in [-0.05, 0) is 18.8 Å². The molecule has 4 nitrogen and oxygen atoms in total. The molecule has 1 unspecified atom stereocenters. The molecule has 1 heterocycles. The van der Waals surface area contributed by atoms with Gasteiger partial charge in [0.25, 0.3) is 0 Å². The Morgan fingerprint density at radius 2 is 2.19 bits per heavy atom. The highest BCUT2D eigenvalue weighted by atomic mass is 19.4. The number of anilines is 1. The first-order chi connectivity index (χ1) is 7.39. The molecule has 1 aromatic rings. The predicted molar refractivity (Wildman–Crippen MR) is 50.4 cm³/mol. The van der Waals surface area contributed by atoms with Crippen molar-refractivity contribution in [2.24, 2.45) is 5.92 Å². The quantitative estimate of drug-likeness (QED) is 0.833. The topological polar surface area (TPSA) is 64.1 Å². The summed E-state index contributed by atoms with van der Waals surface area (Å²) in [6.07, 6.45) is -4.18. The number of aromatic nitrogens is 2. The van der Waals surface area contributed by atoms with E-state index in [1.54, 1.807) is 0 Å². The van der Waals surface area contributed by atoms with Crippen molar-refractivity contribution < 1.29 is 18.3 Å². The number of nitrogens with zero attached hydrogens (tertiary/aromatic N) is 2. The molecule has 0 bridgehead atoms. The first-order valence-corrected chi connectivity index (χ1v) is 4.95. The first-order valence-electron chi connectivity index (χ1n) is 4.95. The van der Waals surface area contributed by atoms with E-state index in [4.69, 9.17) is 10.8 Å². The molecule has 16 heavy (non-hydrogen) atoms. The van der Waals surface area contributed by atoms with Crippen LogP contribution in [0, 0.1) is 5.92 Å². The van der Waals surface area contributed by atoms with E-state index >= 15 is 0 Å². The van der Waals surface area contributed by atoms with Gasteiger partial charge in [-0.3, -0.25) is 0 Å². The largest absolute Gasteiger partial charge is 0.418 e. The minimum Gasteiger partial charge on any atom is -0.384 e. The molecule has 1 fully saturated rings. The van der Waals surface area contributed by atoms with Crippen LogP contribution in [0.15, 0.2) is 6.20 Å². The van der Waals surface area contributed by atoms with Crippen molar-refractivity contribution in [2.45, 2.75) is 31.7 Å². The molecule has 3 N–H and O–H groups in total. The molecule has 0 spiro atoms. The summed E-state index contributed by atoms with van der Waals surface area (Å²) in [6, 6.07) is 0. The highest BCUT2D eigenvalue weighted by Gasteiger charge is 2.41. The van der Waals surface area contributed by atoms with Crippen molar-refractivity contribution in [1.29, 1.82) is 0 Å². The van der Waals surface area contributed by atoms with E-state index in [2.05, 4.69) is 5.10 Å². The van der Waals surface area contributed by atoms with E-state index in [-0.39, 0.29) is 11.4 Å². The second-order valence-corrected chi connectivity index (χ2v) is 4.05. The maximum absolute atomic E-state index is 12.3. The minimum atomic E-state index is -4.71. The van der Waals surface area contributed by atoms with E-state index in [0.717, 1.165) is 19.0 Å². The lowest BCUT2D eigenvalue weighted by Crippen LogP contribution is -2.21. The van der Waals surface area contributed by atoms with Crippen molar-refractivity contribution in [3.05, 3.63) is 11.8 Å². The van der Waals surface area contributed by atoms with Crippen LogP contribution in [0.3, 0.4) is 0 Å². The third-order valence-electron chi connectivity index (χ3n) is 2.64. The number of hydrogen-bond acceptors (Lipinski definition) is 3. The summed E-state index contributed by atoms with van der Waals surface area (Å²) in [5.41, 5.74) is 5.15. The second kappa shape index (κ2) is 3.65. The summed E-state index contributed by atoms with van der Waals surface area (Å²) in [6.45, 7) is 0.524. The van der Waals surface area contributed by atoms with E-state index in [1.807, 2.05) is 0 Å². The molecular weight excluding hydrogens is 223 g/mol. The number of aliphatic hydroxyl groups excluding tert-OH is 1. The van der Waals surface area contributed by atoms with Gasteiger partial charge in [-0.25, -0.2) is 4.68 Å². The lowest BCUT2D eigenvalue weighted by atomic mass is 10.2. The Morgan fingerprint density at radius 1 is 1.56 bits per heavy atom. The number of hydrogen-bond donors (Lipinski definition) is 2. The van der Waals surface area contributed by atoms with Crippen molar-refractivity contribution >= 4 is 5.82 Å². The molecule has 0 aromatic carbocycles. The molecule has 1 aliphatic carbocycles. The summed E-state index contributed by atoms with van der Waals surface area (Å²) in [5, 5.41) is 12.8. The fourth-order valence-electron chi connectivity index (χ4n) is 1.49. The third-order valence-corrected chi connectivity index (χ3v) is 2.64. The Balaban J connectivity index is 2.18. The van der Waals surface area contributed by atoms with Crippen LogP contribution in [-0.2, 0) is 6.54 Å². The van der Waals surface area contributed by atoms with Crippen LogP contribution in [0.5, 0.6) is 0 Å². The van der Waals surface area contributed by atoms with Crippen molar-refractivity contribution in [3.63, 3.8) is 0 Å². The maximum Gasteiger partial charge on any atom is 0.418 e. The SMILES string of the molecule is Nc1c(C(O)C(F)(F)F)cnn1CC1CC1. The maximum atomic E-state index is 12.3. The van der Waals surface area contributed by atoms with Crippen LogP contribution in [0.25, 0.3) is 0 Å². The second-order valence-electron chi connectivity index (χ2n) is 4.05. The Morgan fingerprint density at radius 3 is 2.69 bits per heavy atom. The Labute approximate surface area is 89.9 Å². The zero-order chi connectivity index (χ0) is 11.9. The van der Waals surface area contributed by atoms with Crippen LogP contribution >= 0.6 is 0 Å². The molecule has 2 rings (SSSR count). The summed E-state index contributed by atoms with van der Waals surface area (Å²) < 4.78 is 38.1. The number of aliphatic hydroxyl groups is 1. The fraction of sp³-hybridized carbons (Fsp3) is 0.667. The first kappa shape index (κ1) is 11.3. The molecule has 0 radical (unpaired) electrons. The normalized spacial score (nSPS) is 18.8. The van der Waals surface area contributed by atoms with Crippen LogP contribution in [-0.4, -0.2) is 21.1 Å². The molecule has 0 amide bonds. The van der Waals surface area contributed by atoms with Crippen LogP contribution < -0.4 is 5.73 Å². The van der Waals surface area contributed by atoms with Gasteiger partial charge >= 0.3 is 6.18 Å². The standard InChI is InChI=1S/C9H12F3N3O/c10-9(11,12)7(16)6-3-14-15(8(6)13)4-5-1-2-5/h3,5,7,16H,1-2,4,13H2. The van der Waals surface area contributed by atoms with Crippen LogP contribution in [0.4, 0.5) is 19.0 Å². The van der Waals surface area contributed by atoms with Crippen molar-refractivity contribution in [3.8, 4) is 0 Å². The molecule has 0 aliphatic heterocycles. The zero-order valence-corrected chi connectivity index (χ0v) is 8.41. The van der Waals surface area contributed by atoms with Gasteiger partial charge in [-0.15, -0.1) is 0 Å². The Hall–Kier alpha value is -1.24. The average molecular weight is 235 g/mol. The Bertz CT molecular complexity index is 384. The fourth-order valence-corrected chi connectivity index (χ4v) is 1.49. The van der Waals surface area contributed by atoms with E-state index in [0.29, 0.717) is 12.5 Å². The highest BCUT2D eigenvalue weighted by molar-refractivity contribution is 5.40. The van der Waals surface area contributed by atoms with E-state index < -0.39 is 12.3 Å². The van der Waals surface area contributed by atoms with Crippen LogP contribution in [0.2, 0.25) is 0 Å². The summed E-state index contributed by atoms with van der Waals surface area (Å²) in [4.78, 5) is 0. The number of nitrogen functional groups attached to an aromatic ring is 1. The predicted octanol–water partition coefficient (Wildman–Crippen LogP) is 1.47. The van der Waals surface area contributed by atoms with Crippen molar-refractivity contribution in [2.75, 3.05) is 5.73 Å². The van der Waals surface area contributed by atoms with Crippen LogP contribution in [0.1, 0.15) is 24.5 Å². The number of nitrogens with two attached hydrogens (primary N) is 1. The Kier molecular flexibility index (Phi) is 2.57. The molecule has 1 aliphatic rings. The molecule has 0 saturated heterocycles. The molecule has 1 atom stereocenters. The van der Waals surface area contributed by atoms with E-state index in [1.165, 1.54) is 4.68 Å². The highest BCUT2D eigenvalue weighted by Crippen LogP contribution is 2.36. The van der Waals surface area contributed by atoms with Crippen molar-refractivity contribution in [1.82, 2.24) is 9.78 Å². The molecule has 7 heteroatoms. The average Bonchev–Trinajstić information content (AvgIpc) is 2.91. The molecule has 90 valence electrons. The number of rotatable bonds is 3. The van der Waals surface area contributed by atoms with E-state index in [9.17, 15) is 13.2 Å². The van der Waals surface area contributed by atoms with Gasteiger partial charge in [0.05, 0.1) is 11.8 Å².